The van der Waals surface area contributed by atoms with Gasteiger partial charge in [0.05, 0.1) is 10.6 Å². The fourth-order valence-corrected chi connectivity index (χ4v) is 1.84. The summed E-state index contributed by atoms with van der Waals surface area (Å²) in [4.78, 5) is 14.3. The van der Waals surface area contributed by atoms with Crippen LogP contribution in [0.2, 0.25) is 0 Å². The van der Waals surface area contributed by atoms with E-state index in [2.05, 4.69) is 10.3 Å². The van der Waals surface area contributed by atoms with Crippen LogP contribution in [-0.4, -0.2) is 21.4 Å². The zero-order chi connectivity index (χ0) is 16.1. The molecule has 0 amide bonds. The molecule has 22 heavy (non-hydrogen) atoms. The van der Waals surface area contributed by atoms with Crippen molar-refractivity contribution in [2.45, 2.75) is 0 Å². The van der Waals surface area contributed by atoms with Gasteiger partial charge in [-0.05, 0) is 42.5 Å². The Morgan fingerprint density at radius 3 is 2.59 bits per heavy atom. The summed E-state index contributed by atoms with van der Waals surface area (Å²) >= 11 is 4.73. The molecular formula is C14H12N4O3S. The number of aromatic hydroxyl groups is 1. The van der Waals surface area contributed by atoms with Crippen molar-refractivity contribution < 1.29 is 10.0 Å². The largest absolute Gasteiger partial charge is 0.502 e. The minimum Gasteiger partial charge on any atom is -0.502 e. The molecule has 112 valence electrons. The van der Waals surface area contributed by atoms with Crippen LogP contribution in [0.1, 0.15) is 5.56 Å². The Morgan fingerprint density at radius 2 is 2.00 bits per heavy atom. The monoisotopic (exact) mass is 316 g/mol. The molecule has 0 radical (unpaired) electrons. The molecule has 0 atom stereocenters. The SMILES string of the molecule is NC(=S)Nc1ccc(N=Cc2cccc([N+](=O)[O-])c2O)cc1. The van der Waals surface area contributed by atoms with E-state index in [1.807, 2.05) is 0 Å². The van der Waals surface area contributed by atoms with E-state index in [0.717, 1.165) is 5.69 Å². The van der Waals surface area contributed by atoms with Crippen LogP contribution in [0.4, 0.5) is 17.1 Å². The number of rotatable bonds is 4. The Balaban J connectivity index is 2.20. The van der Waals surface area contributed by atoms with Crippen LogP contribution in [0.3, 0.4) is 0 Å². The van der Waals surface area contributed by atoms with E-state index in [4.69, 9.17) is 18.0 Å². The summed E-state index contributed by atoms with van der Waals surface area (Å²) in [5.41, 5.74) is 6.60. The van der Waals surface area contributed by atoms with Gasteiger partial charge in [0, 0.05) is 23.5 Å². The van der Waals surface area contributed by atoms with Crippen LogP contribution >= 0.6 is 12.2 Å². The highest BCUT2D eigenvalue weighted by Gasteiger charge is 2.14. The number of phenols is 1. The average molecular weight is 316 g/mol. The van der Waals surface area contributed by atoms with Gasteiger partial charge in [0.25, 0.3) is 0 Å². The maximum atomic E-state index is 10.7. The third kappa shape index (κ3) is 3.76. The molecule has 2 rings (SSSR count). The van der Waals surface area contributed by atoms with Gasteiger partial charge in [0.15, 0.2) is 5.11 Å². The standard InChI is InChI=1S/C14H12N4O3S/c15-14(22)17-11-6-4-10(5-7-11)16-8-9-2-1-3-12(13(9)19)18(20)21/h1-8,19H,(H3,15,17,22). The lowest BCUT2D eigenvalue weighted by atomic mass is 10.2. The summed E-state index contributed by atoms with van der Waals surface area (Å²) < 4.78 is 0. The first kappa shape index (κ1) is 15.4. The van der Waals surface area contributed by atoms with Crippen molar-refractivity contribution in [3.8, 4) is 5.75 Å². The van der Waals surface area contributed by atoms with Gasteiger partial charge < -0.3 is 16.2 Å². The summed E-state index contributed by atoms with van der Waals surface area (Å²) in [6.07, 6.45) is 1.36. The number of thiocarbonyl (C=S) groups is 1. The molecule has 0 fully saturated rings. The first-order valence-electron chi connectivity index (χ1n) is 6.14. The lowest BCUT2D eigenvalue weighted by Gasteiger charge is -2.03. The van der Waals surface area contributed by atoms with E-state index in [-0.39, 0.29) is 16.4 Å². The van der Waals surface area contributed by atoms with Crippen LogP contribution < -0.4 is 11.1 Å². The number of anilines is 1. The Bertz CT molecular complexity index is 744. The summed E-state index contributed by atoms with van der Waals surface area (Å²) in [6.45, 7) is 0. The van der Waals surface area contributed by atoms with Crippen molar-refractivity contribution in [3.63, 3.8) is 0 Å². The number of aliphatic imine (C=N–C) groups is 1. The highest BCUT2D eigenvalue weighted by atomic mass is 32.1. The number of hydrogen-bond donors (Lipinski definition) is 3. The Hall–Kier alpha value is -3.00. The normalized spacial score (nSPS) is 10.5. The molecule has 0 unspecified atom stereocenters. The Labute approximate surface area is 131 Å². The summed E-state index contributed by atoms with van der Waals surface area (Å²) in [6, 6.07) is 11.1. The highest BCUT2D eigenvalue weighted by Crippen LogP contribution is 2.28. The van der Waals surface area contributed by atoms with Crippen LogP contribution in [0.15, 0.2) is 47.5 Å². The molecule has 0 aliphatic rings. The Morgan fingerprint density at radius 1 is 1.32 bits per heavy atom. The van der Waals surface area contributed by atoms with Gasteiger partial charge in [-0.1, -0.05) is 6.07 Å². The van der Waals surface area contributed by atoms with Crippen LogP contribution in [-0.2, 0) is 0 Å². The van der Waals surface area contributed by atoms with Gasteiger partial charge in [-0.2, -0.15) is 0 Å². The average Bonchev–Trinajstić information content (AvgIpc) is 2.47. The van der Waals surface area contributed by atoms with Crippen LogP contribution in [0.25, 0.3) is 0 Å². The third-order valence-electron chi connectivity index (χ3n) is 2.73. The second-order valence-corrected chi connectivity index (χ2v) is 4.71. The van der Waals surface area contributed by atoms with Crippen LogP contribution in [0, 0.1) is 10.1 Å². The van der Waals surface area contributed by atoms with E-state index in [1.54, 1.807) is 24.3 Å². The van der Waals surface area contributed by atoms with Gasteiger partial charge in [-0.3, -0.25) is 15.1 Å². The van der Waals surface area contributed by atoms with E-state index in [0.29, 0.717) is 5.69 Å². The van der Waals surface area contributed by atoms with Crippen molar-refractivity contribution in [2.24, 2.45) is 10.7 Å². The molecule has 2 aromatic rings. The molecule has 0 spiro atoms. The number of para-hydroxylation sites is 1. The van der Waals surface area contributed by atoms with Crippen molar-refractivity contribution in [3.05, 3.63) is 58.1 Å². The number of nitro groups is 1. The Kier molecular flexibility index (Phi) is 4.64. The molecule has 2 aromatic carbocycles. The summed E-state index contributed by atoms with van der Waals surface area (Å²) in [7, 11) is 0. The molecule has 8 heteroatoms. The van der Waals surface area contributed by atoms with Gasteiger partial charge in [0.2, 0.25) is 5.75 Å². The quantitative estimate of drug-likeness (QED) is 0.346. The summed E-state index contributed by atoms with van der Waals surface area (Å²) in [5, 5.41) is 23.5. The molecule has 0 saturated heterocycles. The van der Waals surface area contributed by atoms with Gasteiger partial charge in [-0.15, -0.1) is 0 Å². The molecule has 0 heterocycles. The number of phenolic OH excluding ortho intramolecular Hbond substituents is 1. The van der Waals surface area contributed by atoms with Crippen molar-refractivity contribution in [1.82, 2.24) is 0 Å². The second-order valence-electron chi connectivity index (χ2n) is 4.27. The number of hydrogen-bond acceptors (Lipinski definition) is 5. The first-order chi connectivity index (χ1) is 10.5. The second kappa shape index (κ2) is 6.64. The van der Waals surface area contributed by atoms with E-state index < -0.39 is 10.7 Å². The maximum absolute atomic E-state index is 10.7. The number of benzene rings is 2. The highest BCUT2D eigenvalue weighted by molar-refractivity contribution is 7.80. The fraction of sp³-hybridized carbons (Fsp3) is 0. The molecule has 7 nitrogen and oxygen atoms in total. The predicted molar refractivity (Wildman–Crippen MR) is 88.9 cm³/mol. The number of nitrogens with one attached hydrogen (secondary N) is 1. The van der Waals surface area contributed by atoms with Gasteiger partial charge in [-0.25, -0.2) is 0 Å². The number of nitro benzene ring substituents is 1. The zero-order valence-corrected chi connectivity index (χ0v) is 12.1. The lowest BCUT2D eigenvalue weighted by molar-refractivity contribution is -0.385. The fourth-order valence-electron chi connectivity index (χ4n) is 1.72. The first-order valence-corrected chi connectivity index (χ1v) is 6.55. The summed E-state index contributed by atoms with van der Waals surface area (Å²) in [5.74, 6) is -0.414. The molecule has 0 saturated carbocycles. The minimum absolute atomic E-state index is 0.165. The predicted octanol–water partition coefficient (Wildman–Crippen LogP) is 2.71. The third-order valence-corrected chi connectivity index (χ3v) is 2.83. The van der Waals surface area contributed by atoms with E-state index in [9.17, 15) is 15.2 Å². The topological polar surface area (TPSA) is 114 Å². The van der Waals surface area contributed by atoms with E-state index in [1.165, 1.54) is 24.4 Å². The molecule has 0 aromatic heterocycles. The van der Waals surface area contributed by atoms with Gasteiger partial charge in [0.1, 0.15) is 0 Å². The molecule has 0 bridgehead atoms. The molecule has 0 aliphatic heterocycles. The lowest BCUT2D eigenvalue weighted by Crippen LogP contribution is -2.18. The van der Waals surface area contributed by atoms with Crippen molar-refractivity contribution in [1.29, 1.82) is 0 Å². The number of nitrogens with two attached hydrogens (primary N) is 1. The minimum atomic E-state index is -0.650. The van der Waals surface area contributed by atoms with Crippen molar-refractivity contribution in [2.75, 3.05) is 5.32 Å². The maximum Gasteiger partial charge on any atom is 0.311 e. The molecular weight excluding hydrogens is 304 g/mol. The number of nitrogens with zero attached hydrogens (tertiary/aromatic N) is 2. The molecule has 0 aliphatic carbocycles. The molecule has 4 N–H and O–H groups in total. The smallest absolute Gasteiger partial charge is 0.311 e. The van der Waals surface area contributed by atoms with Gasteiger partial charge >= 0.3 is 5.69 Å². The van der Waals surface area contributed by atoms with Crippen LogP contribution in [0.5, 0.6) is 5.75 Å². The van der Waals surface area contributed by atoms with Crippen molar-refractivity contribution >= 4 is 40.6 Å². The zero-order valence-electron chi connectivity index (χ0n) is 11.3. The van der Waals surface area contributed by atoms with E-state index >= 15 is 0 Å².